The van der Waals surface area contributed by atoms with E-state index in [1.54, 1.807) is 19.2 Å². The summed E-state index contributed by atoms with van der Waals surface area (Å²) in [5.41, 5.74) is 0.504. The van der Waals surface area contributed by atoms with E-state index >= 15 is 0 Å². The number of hydrogen-bond donors (Lipinski definition) is 0. The lowest BCUT2D eigenvalue weighted by Crippen LogP contribution is -2.63. The average Bonchev–Trinajstić information content (AvgIpc) is 3.39. The molecule has 0 amide bonds. The Labute approximate surface area is 195 Å². The number of fused-ring (bicyclic) bond motifs is 3. The van der Waals surface area contributed by atoms with Gasteiger partial charge in [0.05, 0.1) is 5.56 Å². The average molecular weight is 459 g/mol. The third-order valence-corrected chi connectivity index (χ3v) is 8.10. The molecule has 7 nitrogen and oxygen atoms in total. The first-order chi connectivity index (χ1) is 16.1. The zero-order valence-corrected chi connectivity index (χ0v) is 19.3. The standard InChI is InChI=1S/C26H34O7/c1-28-18-19(29-24(27)17-11-5-2-6-12-17)21-23(33-26(31-21)15-9-4-10-16-26)22-20(18)30-25(32-22)13-7-3-8-14-25/h2,5-6,11-12,18-23H,3-4,7-10,13-16H2,1H3/t18-,19+,20+,21-,22-,23-/m1/s1. The third-order valence-electron chi connectivity index (χ3n) is 8.10. The number of methoxy groups -OCH3 is 1. The lowest BCUT2D eigenvalue weighted by atomic mass is 9.84. The number of rotatable bonds is 3. The number of benzene rings is 1. The van der Waals surface area contributed by atoms with Crippen molar-refractivity contribution in [3.05, 3.63) is 35.9 Å². The van der Waals surface area contributed by atoms with Gasteiger partial charge in [-0.15, -0.1) is 0 Å². The smallest absolute Gasteiger partial charge is 0.338 e. The maximum atomic E-state index is 13.1. The first kappa shape index (κ1) is 22.0. The summed E-state index contributed by atoms with van der Waals surface area (Å²) in [4.78, 5) is 13.1. The lowest BCUT2D eigenvalue weighted by molar-refractivity contribution is -0.225. The fourth-order valence-electron chi connectivity index (χ4n) is 6.53. The van der Waals surface area contributed by atoms with Crippen LogP contribution in [0.1, 0.15) is 74.6 Å². The quantitative estimate of drug-likeness (QED) is 0.631. The number of ether oxygens (including phenoxy) is 6. The van der Waals surface area contributed by atoms with E-state index < -0.39 is 29.9 Å². The van der Waals surface area contributed by atoms with Crippen molar-refractivity contribution in [2.75, 3.05) is 7.11 Å². The van der Waals surface area contributed by atoms with Crippen molar-refractivity contribution in [2.24, 2.45) is 0 Å². The van der Waals surface area contributed by atoms with E-state index in [2.05, 4.69) is 0 Å². The van der Waals surface area contributed by atoms with Crippen LogP contribution >= 0.6 is 0 Å². The summed E-state index contributed by atoms with van der Waals surface area (Å²) >= 11 is 0. The molecule has 7 heteroatoms. The first-order valence-corrected chi connectivity index (χ1v) is 12.6. The summed E-state index contributed by atoms with van der Waals surface area (Å²) in [7, 11) is 1.65. The monoisotopic (exact) mass is 458 g/mol. The molecule has 33 heavy (non-hydrogen) atoms. The second-order valence-corrected chi connectivity index (χ2v) is 10.2. The fraction of sp³-hybridized carbons (Fsp3) is 0.731. The molecule has 2 spiro atoms. The van der Waals surface area contributed by atoms with Crippen LogP contribution in [0, 0.1) is 0 Å². The molecule has 1 aromatic rings. The Bertz CT molecular complexity index is 845. The van der Waals surface area contributed by atoms with Crippen LogP contribution in [-0.2, 0) is 28.4 Å². The van der Waals surface area contributed by atoms with Gasteiger partial charge in [-0.25, -0.2) is 4.79 Å². The molecule has 6 atom stereocenters. The number of carbonyl (C=O) groups is 1. The highest BCUT2D eigenvalue weighted by Gasteiger charge is 2.67. The van der Waals surface area contributed by atoms with Gasteiger partial charge in [-0.2, -0.15) is 0 Å². The second-order valence-electron chi connectivity index (χ2n) is 10.2. The summed E-state index contributed by atoms with van der Waals surface area (Å²) in [5, 5.41) is 0. The molecule has 0 unspecified atom stereocenters. The molecule has 0 radical (unpaired) electrons. The van der Waals surface area contributed by atoms with E-state index in [0.29, 0.717) is 5.56 Å². The van der Waals surface area contributed by atoms with Gasteiger partial charge in [-0.05, 0) is 37.8 Å². The van der Waals surface area contributed by atoms with Crippen molar-refractivity contribution in [2.45, 2.75) is 112 Å². The molecular formula is C26H34O7. The van der Waals surface area contributed by atoms with Gasteiger partial charge in [0.25, 0.3) is 0 Å². The topological polar surface area (TPSA) is 72.5 Å². The van der Waals surface area contributed by atoms with E-state index in [1.165, 1.54) is 12.8 Å². The zero-order valence-electron chi connectivity index (χ0n) is 19.3. The van der Waals surface area contributed by atoms with Gasteiger partial charge in [0.2, 0.25) is 0 Å². The van der Waals surface area contributed by atoms with Crippen LogP contribution in [0.3, 0.4) is 0 Å². The summed E-state index contributed by atoms with van der Waals surface area (Å²) in [5.74, 6) is -1.62. The number of carbonyl (C=O) groups excluding carboxylic acids is 1. The van der Waals surface area contributed by atoms with Crippen LogP contribution in [0.5, 0.6) is 0 Å². The number of hydrogen-bond acceptors (Lipinski definition) is 7. The molecule has 3 saturated carbocycles. The molecule has 0 bridgehead atoms. The van der Waals surface area contributed by atoms with E-state index in [9.17, 15) is 4.79 Å². The van der Waals surface area contributed by atoms with Crippen LogP contribution in [0.15, 0.2) is 30.3 Å². The molecule has 3 aliphatic carbocycles. The van der Waals surface area contributed by atoms with Gasteiger partial charge in [0.1, 0.15) is 30.5 Å². The van der Waals surface area contributed by atoms with Crippen molar-refractivity contribution in [3.63, 3.8) is 0 Å². The molecule has 2 saturated heterocycles. The summed E-state index contributed by atoms with van der Waals surface area (Å²) in [6.45, 7) is 0. The lowest BCUT2D eigenvalue weighted by Gasteiger charge is -2.41. The Balaban J connectivity index is 1.33. The minimum Gasteiger partial charge on any atom is -0.453 e. The predicted octanol–water partition coefficient (Wildman–Crippen LogP) is 4.13. The molecule has 6 rings (SSSR count). The molecule has 0 aromatic heterocycles. The molecule has 5 aliphatic rings. The molecular weight excluding hydrogens is 424 g/mol. The highest BCUT2D eigenvalue weighted by Crippen LogP contribution is 2.52. The van der Waals surface area contributed by atoms with E-state index in [1.807, 2.05) is 18.2 Å². The van der Waals surface area contributed by atoms with Crippen molar-refractivity contribution >= 4 is 5.97 Å². The van der Waals surface area contributed by atoms with Crippen LogP contribution in [-0.4, -0.2) is 61.3 Å². The van der Waals surface area contributed by atoms with Gasteiger partial charge in [0.15, 0.2) is 17.7 Å². The van der Waals surface area contributed by atoms with E-state index in [4.69, 9.17) is 28.4 Å². The number of esters is 1. The van der Waals surface area contributed by atoms with Crippen LogP contribution in [0.4, 0.5) is 0 Å². The minimum atomic E-state index is -0.641. The van der Waals surface area contributed by atoms with Gasteiger partial charge >= 0.3 is 5.97 Å². The predicted molar refractivity (Wildman–Crippen MR) is 118 cm³/mol. The van der Waals surface area contributed by atoms with Gasteiger partial charge in [-0.1, -0.05) is 31.0 Å². The second kappa shape index (κ2) is 8.61. The Kier molecular flexibility index (Phi) is 5.74. The van der Waals surface area contributed by atoms with Crippen molar-refractivity contribution in [1.82, 2.24) is 0 Å². The maximum Gasteiger partial charge on any atom is 0.338 e. The van der Waals surface area contributed by atoms with Crippen molar-refractivity contribution in [1.29, 1.82) is 0 Å². The zero-order chi connectivity index (χ0) is 22.5. The largest absolute Gasteiger partial charge is 0.453 e. The fourth-order valence-corrected chi connectivity index (χ4v) is 6.53. The van der Waals surface area contributed by atoms with Gasteiger partial charge < -0.3 is 28.4 Å². The Morgan fingerprint density at radius 1 is 0.727 bits per heavy atom. The highest BCUT2D eigenvalue weighted by atomic mass is 16.8. The van der Waals surface area contributed by atoms with E-state index in [-0.39, 0.29) is 24.3 Å². The van der Waals surface area contributed by atoms with Gasteiger partial charge in [0, 0.05) is 32.8 Å². The molecule has 2 aliphatic heterocycles. The minimum absolute atomic E-state index is 0.300. The molecule has 5 fully saturated rings. The van der Waals surface area contributed by atoms with Crippen LogP contribution < -0.4 is 0 Å². The summed E-state index contributed by atoms with van der Waals surface area (Å²) in [6, 6.07) is 9.06. The molecule has 2 heterocycles. The maximum absolute atomic E-state index is 13.1. The molecule has 180 valence electrons. The summed E-state index contributed by atoms with van der Waals surface area (Å²) in [6.07, 6.45) is 7.50. The molecule has 0 N–H and O–H groups in total. The Morgan fingerprint density at radius 2 is 1.21 bits per heavy atom. The Hall–Kier alpha value is -1.51. The SMILES string of the molecule is CO[C@@H]1[C@H](OC(=O)c2ccccc2)[C@H]2OC3(CCCCC3)O[C@H]2[C@@H]2OC3(CCCCC3)O[C@@H]12. The third kappa shape index (κ3) is 3.82. The van der Waals surface area contributed by atoms with Crippen molar-refractivity contribution < 1.29 is 33.2 Å². The first-order valence-electron chi connectivity index (χ1n) is 12.6. The van der Waals surface area contributed by atoms with Crippen molar-refractivity contribution in [3.8, 4) is 0 Å². The Morgan fingerprint density at radius 3 is 1.73 bits per heavy atom. The van der Waals surface area contributed by atoms with E-state index in [0.717, 1.165) is 51.4 Å². The van der Waals surface area contributed by atoms with Crippen LogP contribution in [0.25, 0.3) is 0 Å². The highest BCUT2D eigenvalue weighted by molar-refractivity contribution is 5.89. The normalized spacial score (nSPS) is 38.7. The van der Waals surface area contributed by atoms with Gasteiger partial charge in [-0.3, -0.25) is 0 Å². The molecule has 1 aromatic carbocycles. The summed E-state index contributed by atoms with van der Waals surface area (Å²) < 4.78 is 38.7. The van der Waals surface area contributed by atoms with Crippen LogP contribution in [0.2, 0.25) is 0 Å².